The van der Waals surface area contributed by atoms with E-state index in [2.05, 4.69) is 10.3 Å². The molecule has 0 spiro atoms. The van der Waals surface area contributed by atoms with Crippen LogP contribution in [0.2, 0.25) is 5.02 Å². The molecule has 0 aliphatic rings. The van der Waals surface area contributed by atoms with E-state index in [1.165, 1.54) is 12.4 Å². The van der Waals surface area contributed by atoms with Gasteiger partial charge in [0.2, 0.25) is 5.82 Å². The van der Waals surface area contributed by atoms with Gasteiger partial charge in [0.25, 0.3) is 5.91 Å². The third-order valence-electron chi connectivity index (χ3n) is 4.28. The van der Waals surface area contributed by atoms with Crippen LogP contribution in [0.25, 0.3) is 22.0 Å². The maximum atomic E-state index is 12.5. The van der Waals surface area contributed by atoms with Crippen molar-refractivity contribution < 1.29 is 23.3 Å². The molecule has 0 aliphatic heterocycles. The average molecular weight is 434 g/mol. The molecule has 1 amide bonds. The van der Waals surface area contributed by atoms with Crippen molar-refractivity contribution in [3.63, 3.8) is 0 Å². The van der Waals surface area contributed by atoms with Crippen LogP contribution >= 0.6 is 11.6 Å². The number of alkyl halides is 3. The van der Waals surface area contributed by atoms with Crippen molar-refractivity contribution in [2.75, 3.05) is 7.05 Å². The molecule has 0 radical (unpaired) electrons. The van der Waals surface area contributed by atoms with Gasteiger partial charge in [-0.05, 0) is 35.9 Å². The van der Waals surface area contributed by atoms with Crippen molar-refractivity contribution in [1.82, 2.24) is 10.3 Å². The Morgan fingerprint density at radius 3 is 2.60 bits per heavy atom. The Labute approximate surface area is 175 Å². The third kappa shape index (κ3) is 5.03. The molecule has 0 saturated heterocycles. The number of aromatic nitrogens is 1. The molecule has 154 valence electrons. The Kier molecular flexibility index (Phi) is 6.19. The van der Waals surface area contributed by atoms with Crippen molar-refractivity contribution in [2.24, 2.45) is 0 Å². The maximum Gasteiger partial charge on any atom is 0.432 e. The lowest BCUT2D eigenvalue weighted by Crippen LogP contribution is -2.81. The van der Waals surface area contributed by atoms with Gasteiger partial charge in [-0.3, -0.25) is 20.5 Å². The minimum atomic E-state index is -4.79. The highest BCUT2D eigenvalue weighted by Gasteiger charge is 2.33. The molecule has 0 saturated carbocycles. The van der Waals surface area contributed by atoms with Crippen molar-refractivity contribution in [2.45, 2.75) is 6.18 Å². The summed E-state index contributed by atoms with van der Waals surface area (Å²) >= 11 is 6.03. The average Bonchev–Trinajstić information content (AvgIpc) is 2.71. The van der Waals surface area contributed by atoms with Crippen LogP contribution in [0.5, 0.6) is 0 Å². The molecule has 3 rings (SSSR count). The molecule has 30 heavy (non-hydrogen) atoms. The summed E-state index contributed by atoms with van der Waals surface area (Å²) in [4.78, 5) is 16.8. The number of hydrogen-bond acceptors (Lipinski definition) is 3. The molecule has 5 nitrogen and oxygen atoms in total. The van der Waals surface area contributed by atoms with Crippen LogP contribution in [0.15, 0.2) is 66.6 Å². The van der Waals surface area contributed by atoms with Gasteiger partial charge in [-0.15, -0.1) is 0 Å². The summed E-state index contributed by atoms with van der Waals surface area (Å²) in [6.07, 6.45) is -2.56. The Hall–Kier alpha value is -3.23. The molecule has 0 atom stereocenters. The van der Waals surface area contributed by atoms with E-state index in [0.29, 0.717) is 16.6 Å². The molecular formula is C21H17ClF3N4O+. The minimum Gasteiger partial charge on any atom is -0.301 e. The lowest BCUT2D eigenvalue weighted by molar-refractivity contribution is -0.580. The number of carbonyl (C=O) groups excluding carboxylic acids is 1. The number of rotatable bonds is 5. The van der Waals surface area contributed by atoms with E-state index in [1.807, 2.05) is 24.3 Å². The number of nitrogens with zero attached hydrogens (tertiary/aromatic N) is 1. The van der Waals surface area contributed by atoms with E-state index in [-0.39, 0.29) is 11.4 Å². The van der Waals surface area contributed by atoms with E-state index < -0.39 is 17.8 Å². The van der Waals surface area contributed by atoms with Gasteiger partial charge in [0.15, 0.2) is 0 Å². The summed E-state index contributed by atoms with van der Waals surface area (Å²) in [6, 6.07) is 14.1. The highest BCUT2D eigenvalue weighted by atomic mass is 35.5. The second-order valence-electron chi connectivity index (χ2n) is 6.40. The van der Waals surface area contributed by atoms with Crippen LogP contribution in [0, 0.1) is 5.41 Å². The number of pyridine rings is 1. The Balaban J connectivity index is 1.84. The van der Waals surface area contributed by atoms with Crippen LogP contribution in [-0.4, -0.2) is 29.8 Å². The zero-order valence-electron chi connectivity index (χ0n) is 15.7. The highest BCUT2D eigenvalue weighted by molar-refractivity contribution is 6.30. The number of fused-ring (bicyclic) bond motifs is 1. The van der Waals surface area contributed by atoms with Crippen molar-refractivity contribution >= 4 is 34.1 Å². The third-order valence-corrected chi connectivity index (χ3v) is 4.51. The summed E-state index contributed by atoms with van der Waals surface area (Å²) in [7, 11) is 1.47. The predicted molar refractivity (Wildman–Crippen MR) is 109 cm³/mol. The first-order chi connectivity index (χ1) is 14.2. The number of hydrogen-bond donors (Lipinski definition) is 3. The topological polar surface area (TPSA) is 82.5 Å². The molecule has 3 aromatic rings. The first-order valence-electron chi connectivity index (χ1n) is 8.81. The van der Waals surface area contributed by atoms with Gasteiger partial charge in [0.1, 0.15) is 5.71 Å². The van der Waals surface area contributed by atoms with E-state index in [9.17, 15) is 18.0 Å². The van der Waals surface area contributed by atoms with Crippen LogP contribution < -0.4 is 10.6 Å². The fraction of sp³-hybridized carbons (Fsp3) is 0.0952. The minimum absolute atomic E-state index is 0.119. The van der Waals surface area contributed by atoms with Gasteiger partial charge in [-0.25, -0.2) is 0 Å². The summed E-state index contributed by atoms with van der Waals surface area (Å²) < 4.78 is 37.6. The van der Waals surface area contributed by atoms with Gasteiger partial charge in [0.05, 0.1) is 12.6 Å². The van der Waals surface area contributed by atoms with E-state index >= 15 is 0 Å². The highest BCUT2D eigenvalue weighted by Crippen LogP contribution is 2.25. The van der Waals surface area contributed by atoms with Crippen LogP contribution in [0.3, 0.4) is 0 Å². The summed E-state index contributed by atoms with van der Waals surface area (Å²) in [5.41, 5.74) is 1.00. The monoisotopic (exact) mass is 433 g/mol. The summed E-state index contributed by atoms with van der Waals surface area (Å²) in [6.45, 7) is 0. The fourth-order valence-corrected chi connectivity index (χ4v) is 2.91. The molecule has 0 unspecified atom stereocenters. The summed E-state index contributed by atoms with van der Waals surface area (Å²) in [5.74, 6) is -0.719. The van der Waals surface area contributed by atoms with Gasteiger partial charge in [-0.2, -0.15) is 13.2 Å². The molecule has 0 aliphatic carbocycles. The first kappa shape index (κ1) is 21.5. The van der Waals surface area contributed by atoms with Crippen LogP contribution in [0.4, 0.5) is 13.2 Å². The van der Waals surface area contributed by atoms with Gasteiger partial charge in [0, 0.05) is 33.8 Å². The van der Waals surface area contributed by atoms with Crippen molar-refractivity contribution in [3.05, 3.63) is 77.2 Å². The zero-order chi connectivity index (χ0) is 21.9. The molecule has 2 aromatic carbocycles. The fourth-order valence-electron chi connectivity index (χ4n) is 2.72. The molecule has 9 heteroatoms. The standard InChI is InChI=1S/C21H16ClF3N4O/c1-27-19(10-18(26)21(23,24)25)29-20(30)14-6-5-13-7-15(11-28-17(13)9-14)12-3-2-4-16(22)8-12/h2-11,26-27H,1H3,(H,29,30)/p+1/b19-10+,26-18?. The van der Waals surface area contributed by atoms with Crippen molar-refractivity contribution in [1.29, 1.82) is 5.41 Å². The molecule has 0 fully saturated rings. The number of allylic oxidation sites excluding steroid dienone is 1. The lowest BCUT2D eigenvalue weighted by Gasteiger charge is -2.09. The van der Waals surface area contributed by atoms with Gasteiger partial charge in [-0.1, -0.05) is 29.8 Å². The van der Waals surface area contributed by atoms with Crippen LogP contribution in [-0.2, 0) is 0 Å². The van der Waals surface area contributed by atoms with E-state index in [1.54, 1.807) is 30.5 Å². The normalized spacial score (nSPS) is 12.1. The second-order valence-corrected chi connectivity index (χ2v) is 6.83. The summed E-state index contributed by atoms with van der Waals surface area (Å²) in [5, 5.41) is 12.1. The Morgan fingerprint density at radius 2 is 1.93 bits per heavy atom. The number of halogens is 4. The molecule has 4 N–H and O–H groups in total. The molecule has 1 heterocycles. The number of nitrogens with one attached hydrogen (secondary N) is 2. The van der Waals surface area contributed by atoms with Crippen molar-refractivity contribution in [3.8, 4) is 11.1 Å². The largest absolute Gasteiger partial charge is 0.432 e. The van der Waals surface area contributed by atoms with Gasteiger partial charge < -0.3 is 5.32 Å². The Bertz CT molecular complexity index is 1160. The first-order valence-corrected chi connectivity index (χ1v) is 9.19. The predicted octanol–water partition coefficient (Wildman–Crippen LogP) is 3.90. The zero-order valence-corrected chi connectivity index (χ0v) is 16.5. The molecular weight excluding hydrogens is 417 g/mol. The van der Waals surface area contributed by atoms with E-state index in [0.717, 1.165) is 16.5 Å². The number of amides is 1. The maximum absolute atomic E-state index is 12.5. The van der Waals surface area contributed by atoms with Gasteiger partial charge >= 0.3 is 6.18 Å². The number of quaternary nitrogens is 1. The Morgan fingerprint density at radius 1 is 1.17 bits per heavy atom. The van der Waals surface area contributed by atoms with Crippen LogP contribution in [0.1, 0.15) is 10.4 Å². The number of benzene rings is 2. The van der Waals surface area contributed by atoms with E-state index in [4.69, 9.17) is 17.0 Å². The molecule has 1 aromatic heterocycles. The molecule has 0 bridgehead atoms. The smallest absolute Gasteiger partial charge is 0.301 e. The number of carbonyl (C=O) groups is 1. The second kappa shape index (κ2) is 8.64. The lowest BCUT2D eigenvalue weighted by atomic mass is 10.0. The number of nitrogens with two attached hydrogens (primary N) is 1. The SMILES string of the molecule is C[NH2+]/C(=C\C(=N)C(F)(F)F)NC(=O)c1ccc2cc(-c3cccc(Cl)c3)cnc2c1. The quantitative estimate of drug-likeness (QED) is 0.533.